The summed E-state index contributed by atoms with van der Waals surface area (Å²) in [6.07, 6.45) is 0. The lowest BCUT2D eigenvalue weighted by atomic mass is 9.75. The molecule has 57 heavy (non-hydrogen) atoms. The van der Waals surface area contributed by atoms with Gasteiger partial charge in [-0.3, -0.25) is 0 Å². The molecule has 0 saturated heterocycles. The van der Waals surface area contributed by atoms with E-state index in [1.807, 2.05) is 0 Å². The Morgan fingerprint density at radius 2 is 0.947 bits per heavy atom. The Labute approximate surface area is 333 Å². The van der Waals surface area contributed by atoms with Crippen LogP contribution in [0.15, 0.2) is 206 Å². The number of anilines is 3. The molecule has 9 aromatic carbocycles. The first-order valence-corrected chi connectivity index (χ1v) is 19.9. The van der Waals surface area contributed by atoms with Crippen molar-refractivity contribution in [3.05, 3.63) is 217 Å². The smallest absolute Gasteiger partial charge is 0.0622 e. The second-order valence-electron chi connectivity index (χ2n) is 15.7. The Balaban J connectivity index is 1.07. The SMILES string of the molecule is CC1(C)c2ccccc2-c2c(n(-c3ccc(-c4ccc(N(c5ccccc5)c5cccc6ccccc56)cc4)cc3)c3c2ccc2ccccc23)-c2ccccc21. The molecule has 0 radical (unpaired) electrons. The molecule has 2 heteroatoms. The van der Waals surface area contributed by atoms with Crippen molar-refractivity contribution in [3.8, 4) is 39.2 Å². The van der Waals surface area contributed by atoms with E-state index in [2.05, 4.69) is 230 Å². The zero-order valence-corrected chi connectivity index (χ0v) is 32.0. The Morgan fingerprint density at radius 3 is 1.68 bits per heavy atom. The first-order valence-electron chi connectivity index (χ1n) is 19.9. The van der Waals surface area contributed by atoms with Crippen LogP contribution in [0.2, 0.25) is 0 Å². The molecule has 0 fully saturated rings. The van der Waals surface area contributed by atoms with Crippen molar-refractivity contribution in [2.24, 2.45) is 0 Å². The Bertz CT molecular complexity index is 3130. The van der Waals surface area contributed by atoms with Crippen molar-refractivity contribution < 1.29 is 0 Å². The summed E-state index contributed by atoms with van der Waals surface area (Å²) in [7, 11) is 0. The van der Waals surface area contributed by atoms with E-state index < -0.39 is 0 Å². The zero-order chi connectivity index (χ0) is 38.1. The van der Waals surface area contributed by atoms with E-state index in [0.29, 0.717) is 0 Å². The molecule has 0 atom stereocenters. The van der Waals surface area contributed by atoms with E-state index >= 15 is 0 Å². The summed E-state index contributed by atoms with van der Waals surface area (Å²) in [6.45, 7) is 4.75. The summed E-state index contributed by atoms with van der Waals surface area (Å²) in [4.78, 5) is 2.36. The summed E-state index contributed by atoms with van der Waals surface area (Å²) in [5, 5.41) is 6.22. The minimum atomic E-state index is -0.181. The first-order chi connectivity index (χ1) is 28.1. The third-order valence-electron chi connectivity index (χ3n) is 12.2. The number of nitrogens with zero attached hydrogens (tertiary/aromatic N) is 2. The molecule has 0 bridgehead atoms. The molecule has 0 aliphatic heterocycles. The van der Waals surface area contributed by atoms with Crippen LogP contribution in [0.4, 0.5) is 17.1 Å². The predicted molar refractivity (Wildman–Crippen MR) is 241 cm³/mol. The predicted octanol–water partition coefficient (Wildman–Crippen LogP) is 15.0. The molecule has 1 aliphatic rings. The van der Waals surface area contributed by atoms with E-state index in [1.54, 1.807) is 0 Å². The van der Waals surface area contributed by atoms with Crippen LogP contribution in [0.5, 0.6) is 0 Å². The highest BCUT2D eigenvalue weighted by Gasteiger charge is 2.36. The Morgan fingerprint density at radius 1 is 0.404 bits per heavy atom. The topological polar surface area (TPSA) is 8.17 Å². The van der Waals surface area contributed by atoms with Crippen LogP contribution < -0.4 is 4.90 Å². The van der Waals surface area contributed by atoms with Crippen molar-refractivity contribution in [1.29, 1.82) is 0 Å². The van der Waals surface area contributed by atoms with E-state index in [-0.39, 0.29) is 5.41 Å². The molecule has 0 saturated carbocycles. The van der Waals surface area contributed by atoms with E-state index in [9.17, 15) is 0 Å². The molecule has 0 spiro atoms. The molecular weight excluding hydrogens is 689 g/mol. The summed E-state index contributed by atoms with van der Waals surface area (Å²) in [5.74, 6) is 0. The van der Waals surface area contributed by atoms with Gasteiger partial charge in [0.1, 0.15) is 0 Å². The van der Waals surface area contributed by atoms with Crippen LogP contribution in [0.25, 0.3) is 71.6 Å². The van der Waals surface area contributed by atoms with Crippen LogP contribution in [0.1, 0.15) is 25.0 Å². The molecule has 11 rings (SSSR count). The fourth-order valence-corrected chi connectivity index (χ4v) is 9.47. The third kappa shape index (κ3) is 5.18. The van der Waals surface area contributed by atoms with Crippen LogP contribution in [0.3, 0.4) is 0 Å². The Hall–Kier alpha value is -7.16. The standard InChI is InChI=1S/C55H40N2/c1-55(2)49-24-12-10-22-46(49)52-48-36-31-40-16-7-9-21-45(40)53(48)57(54(52)47-23-11-13-25-50(47)55)43-34-29-38(30-35-43)37-27-32-42(33-28-37)56(41-18-4-3-5-19-41)51-26-14-17-39-15-6-8-20-44(39)51/h3-36H,1-2H3. The number of hydrogen-bond acceptors (Lipinski definition) is 1. The molecule has 1 heterocycles. The molecule has 2 nitrogen and oxygen atoms in total. The summed E-state index contributed by atoms with van der Waals surface area (Å²) in [6, 6.07) is 75.6. The lowest BCUT2D eigenvalue weighted by Crippen LogP contribution is -2.20. The van der Waals surface area contributed by atoms with Gasteiger partial charge in [0.05, 0.1) is 16.9 Å². The molecule has 270 valence electrons. The summed E-state index contributed by atoms with van der Waals surface area (Å²) >= 11 is 0. The number of benzene rings is 9. The van der Waals surface area contributed by atoms with Crippen molar-refractivity contribution in [2.45, 2.75) is 19.3 Å². The van der Waals surface area contributed by atoms with Crippen molar-refractivity contribution in [2.75, 3.05) is 4.90 Å². The Kier molecular flexibility index (Phi) is 7.55. The zero-order valence-electron chi connectivity index (χ0n) is 32.0. The summed E-state index contributed by atoms with van der Waals surface area (Å²) < 4.78 is 2.54. The fraction of sp³-hybridized carbons (Fsp3) is 0.0545. The number of rotatable bonds is 5. The van der Waals surface area contributed by atoms with Gasteiger partial charge in [0.2, 0.25) is 0 Å². The normalized spacial score (nSPS) is 12.9. The molecule has 1 aromatic heterocycles. The highest BCUT2D eigenvalue weighted by atomic mass is 15.1. The number of aromatic nitrogens is 1. The fourth-order valence-electron chi connectivity index (χ4n) is 9.47. The molecule has 0 amide bonds. The van der Waals surface area contributed by atoms with Gasteiger partial charge in [-0.25, -0.2) is 0 Å². The van der Waals surface area contributed by atoms with E-state index in [0.717, 1.165) is 22.7 Å². The van der Waals surface area contributed by atoms with Crippen molar-refractivity contribution in [1.82, 2.24) is 4.57 Å². The quantitative estimate of drug-likeness (QED) is 0.171. The lowest BCUT2D eigenvalue weighted by molar-refractivity contribution is 0.646. The van der Waals surface area contributed by atoms with Crippen molar-refractivity contribution in [3.63, 3.8) is 0 Å². The monoisotopic (exact) mass is 728 g/mol. The van der Waals surface area contributed by atoms with Gasteiger partial charge in [0, 0.05) is 49.8 Å². The number of hydrogen-bond donors (Lipinski definition) is 0. The maximum atomic E-state index is 2.54. The van der Waals surface area contributed by atoms with E-state index in [1.165, 1.54) is 77.1 Å². The molecule has 0 unspecified atom stereocenters. The van der Waals surface area contributed by atoms with Gasteiger partial charge >= 0.3 is 0 Å². The second kappa shape index (κ2) is 13.0. The average Bonchev–Trinajstić information content (AvgIpc) is 3.59. The number of para-hydroxylation sites is 1. The van der Waals surface area contributed by atoms with Crippen molar-refractivity contribution >= 4 is 49.5 Å². The largest absolute Gasteiger partial charge is 0.310 e. The van der Waals surface area contributed by atoms with Gasteiger partial charge in [-0.05, 0) is 81.1 Å². The summed E-state index contributed by atoms with van der Waals surface area (Å²) in [5.41, 5.74) is 15.8. The van der Waals surface area contributed by atoms with Gasteiger partial charge in [-0.15, -0.1) is 0 Å². The first kappa shape index (κ1) is 33.2. The maximum absolute atomic E-state index is 2.54. The van der Waals surface area contributed by atoms with Crippen LogP contribution in [0, 0.1) is 0 Å². The maximum Gasteiger partial charge on any atom is 0.0622 e. The minimum absolute atomic E-state index is 0.181. The lowest BCUT2D eigenvalue weighted by Gasteiger charge is -2.28. The van der Waals surface area contributed by atoms with Gasteiger partial charge in [0.25, 0.3) is 0 Å². The highest BCUT2D eigenvalue weighted by molar-refractivity contribution is 6.17. The molecule has 0 N–H and O–H groups in total. The molecule has 10 aromatic rings. The van der Waals surface area contributed by atoms with E-state index in [4.69, 9.17) is 0 Å². The molecular formula is C55H40N2. The highest BCUT2D eigenvalue weighted by Crippen LogP contribution is 2.53. The third-order valence-corrected chi connectivity index (χ3v) is 12.2. The molecule has 1 aliphatic carbocycles. The minimum Gasteiger partial charge on any atom is -0.310 e. The van der Waals surface area contributed by atoms with Crippen LogP contribution in [-0.2, 0) is 5.41 Å². The number of fused-ring (bicyclic) bond motifs is 10. The van der Waals surface area contributed by atoms with Crippen LogP contribution in [-0.4, -0.2) is 4.57 Å². The second-order valence-corrected chi connectivity index (χ2v) is 15.7. The average molecular weight is 729 g/mol. The van der Waals surface area contributed by atoms with Gasteiger partial charge in [-0.1, -0.05) is 178 Å². The van der Waals surface area contributed by atoms with Gasteiger partial charge in [0.15, 0.2) is 0 Å². The van der Waals surface area contributed by atoms with Crippen LogP contribution >= 0.6 is 0 Å². The van der Waals surface area contributed by atoms with Gasteiger partial charge in [-0.2, -0.15) is 0 Å². The van der Waals surface area contributed by atoms with Gasteiger partial charge < -0.3 is 9.47 Å².